The van der Waals surface area contributed by atoms with Crippen LogP contribution < -0.4 is 11.1 Å². The minimum absolute atomic E-state index is 0.743. The van der Waals surface area contributed by atoms with E-state index < -0.39 is 0 Å². The first kappa shape index (κ1) is 16.5. The van der Waals surface area contributed by atoms with Gasteiger partial charge >= 0.3 is 0 Å². The predicted octanol–water partition coefficient (Wildman–Crippen LogP) is 5.55. The van der Waals surface area contributed by atoms with Crippen molar-refractivity contribution < 1.29 is 0 Å². The van der Waals surface area contributed by atoms with E-state index in [1.165, 1.54) is 21.6 Å². The maximum atomic E-state index is 5.79. The van der Waals surface area contributed by atoms with Crippen LogP contribution in [0.2, 0.25) is 0 Å². The molecule has 2 aromatic heterocycles. The van der Waals surface area contributed by atoms with Gasteiger partial charge in [0, 0.05) is 21.8 Å². The third kappa shape index (κ3) is 3.02. The lowest BCUT2D eigenvalue weighted by Gasteiger charge is -2.10. The van der Waals surface area contributed by atoms with Crippen molar-refractivity contribution in [2.24, 2.45) is 0 Å². The third-order valence-corrected chi connectivity index (χ3v) is 5.64. The average molecular weight is 360 g/mol. The Morgan fingerprint density at radius 1 is 1.00 bits per heavy atom. The number of fused-ring (bicyclic) bond motifs is 1. The zero-order valence-electron chi connectivity index (χ0n) is 14.8. The Hall–Kier alpha value is -2.92. The number of nitrogens with two attached hydrogens (primary N) is 1. The van der Waals surface area contributed by atoms with Crippen LogP contribution in [0, 0.1) is 6.92 Å². The molecule has 4 rings (SSSR count). The second-order valence-corrected chi connectivity index (χ2v) is 7.35. The summed E-state index contributed by atoms with van der Waals surface area (Å²) in [4.78, 5) is 11.4. The number of nitrogens with zero attached hydrogens (tertiary/aromatic N) is 2. The van der Waals surface area contributed by atoms with Crippen molar-refractivity contribution in [1.82, 2.24) is 9.97 Å². The fourth-order valence-electron chi connectivity index (χ4n) is 3.05. The smallest absolute Gasteiger partial charge is 0.143 e. The molecule has 3 N–H and O–H groups in total. The molecule has 0 saturated heterocycles. The molecule has 130 valence electrons. The minimum atomic E-state index is 0.743. The molecule has 0 saturated carbocycles. The molecule has 5 heteroatoms. The van der Waals surface area contributed by atoms with E-state index in [2.05, 4.69) is 53.4 Å². The first-order valence-corrected chi connectivity index (χ1v) is 9.43. The fourth-order valence-corrected chi connectivity index (χ4v) is 4.15. The number of hydrogen-bond donors (Lipinski definition) is 2. The quantitative estimate of drug-likeness (QED) is 0.468. The molecule has 0 amide bonds. The van der Waals surface area contributed by atoms with Gasteiger partial charge in [0.1, 0.15) is 17.0 Å². The zero-order chi connectivity index (χ0) is 18.1. The molecule has 26 heavy (non-hydrogen) atoms. The first-order chi connectivity index (χ1) is 12.7. The summed E-state index contributed by atoms with van der Waals surface area (Å²) in [5, 5.41) is 4.51. The van der Waals surface area contributed by atoms with Crippen LogP contribution in [-0.2, 0) is 6.42 Å². The molecule has 4 nitrogen and oxygen atoms in total. The van der Waals surface area contributed by atoms with E-state index in [9.17, 15) is 0 Å². The van der Waals surface area contributed by atoms with Gasteiger partial charge in [-0.15, -0.1) is 11.3 Å². The second-order valence-electron chi connectivity index (χ2n) is 6.27. The Morgan fingerprint density at radius 2 is 1.73 bits per heavy atom. The molecule has 0 atom stereocenters. The number of nitrogen functional groups attached to an aromatic ring is 1. The monoisotopic (exact) mass is 360 g/mol. The topological polar surface area (TPSA) is 63.8 Å². The van der Waals surface area contributed by atoms with Crippen molar-refractivity contribution in [1.29, 1.82) is 0 Å². The number of aromatic nitrogens is 2. The number of rotatable bonds is 4. The largest absolute Gasteiger partial charge is 0.399 e. The summed E-state index contributed by atoms with van der Waals surface area (Å²) in [7, 11) is 0. The summed E-state index contributed by atoms with van der Waals surface area (Å²) in [6.45, 7) is 4.29. The van der Waals surface area contributed by atoms with Crippen molar-refractivity contribution in [3.8, 4) is 11.1 Å². The van der Waals surface area contributed by atoms with Gasteiger partial charge in [-0.2, -0.15) is 0 Å². The summed E-state index contributed by atoms with van der Waals surface area (Å²) in [5.41, 5.74) is 11.2. The summed E-state index contributed by atoms with van der Waals surface area (Å²) < 4.78 is 0. The van der Waals surface area contributed by atoms with Crippen LogP contribution in [-0.4, -0.2) is 9.97 Å². The molecule has 2 aromatic carbocycles. The van der Waals surface area contributed by atoms with E-state index >= 15 is 0 Å². The molecule has 0 unspecified atom stereocenters. The Morgan fingerprint density at radius 3 is 2.42 bits per heavy atom. The molecule has 0 spiro atoms. The van der Waals surface area contributed by atoms with Crippen molar-refractivity contribution >= 4 is 38.7 Å². The van der Waals surface area contributed by atoms with E-state index in [0.717, 1.165) is 33.8 Å². The van der Waals surface area contributed by atoms with Gasteiger partial charge in [0.15, 0.2) is 0 Å². The van der Waals surface area contributed by atoms with Crippen LogP contribution in [0.4, 0.5) is 17.2 Å². The Balaban J connectivity index is 1.89. The van der Waals surface area contributed by atoms with Gasteiger partial charge in [-0.25, -0.2) is 9.97 Å². The molecule has 0 bridgehead atoms. The highest BCUT2D eigenvalue weighted by Crippen LogP contribution is 2.41. The molecule has 4 aromatic rings. The highest BCUT2D eigenvalue weighted by molar-refractivity contribution is 7.19. The van der Waals surface area contributed by atoms with E-state index in [4.69, 9.17) is 5.73 Å². The summed E-state index contributed by atoms with van der Waals surface area (Å²) in [6.07, 6.45) is 2.59. The number of benzene rings is 2. The maximum absolute atomic E-state index is 5.79. The number of nitrogens with one attached hydrogen (secondary N) is 1. The Labute approximate surface area is 156 Å². The lowest BCUT2D eigenvalue weighted by atomic mass is 10.0. The average Bonchev–Trinajstić information content (AvgIpc) is 3.04. The zero-order valence-corrected chi connectivity index (χ0v) is 15.6. The molecule has 2 heterocycles. The van der Waals surface area contributed by atoms with Gasteiger partial charge in [-0.1, -0.05) is 36.8 Å². The lowest BCUT2D eigenvalue weighted by Crippen LogP contribution is -1.96. The van der Waals surface area contributed by atoms with Gasteiger partial charge in [-0.05, 0) is 43.2 Å². The van der Waals surface area contributed by atoms with Crippen LogP contribution >= 0.6 is 11.3 Å². The van der Waals surface area contributed by atoms with Crippen LogP contribution in [0.1, 0.15) is 17.4 Å². The fraction of sp³-hybridized carbons (Fsp3) is 0.143. The van der Waals surface area contributed by atoms with Gasteiger partial charge < -0.3 is 11.1 Å². The maximum Gasteiger partial charge on any atom is 0.143 e. The number of aryl methyl sites for hydroxylation is 2. The molecule has 0 fully saturated rings. The normalized spacial score (nSPS) is 11.0. The van der Waals surface area contributed by atoms with Crippen molar-refractivity contribution in [2.45, 2.75) is 20.3 Å². The van der Waals surface area contributed by atoms with E-state index in [1.54, 1.807) is 17.7 Å². The molecule has 0 aliphatic carbocycles. The first-order valence-electron chi connectivity index (χ1n) is 8.61. The van der Waals surface area contributed by atoms with Crippen LogP contribution in [0.5, 0.6) is 0 Å². The summed E-state index contributed by atoms with van der Waals surface area (Å²) in [6, 6.07) is 16.3. The SMILES string of the molecule is CCc1sc2ncnc(Nc3ccc(N)cc3)c2c1-c1ccc(C)cc1. The van der Waals surface area contributed by atoms with Crippen LogP contribution in [0.25, 0.3) is 21.3 Å². The van der Waals surface area contributed by atoms with E-state index in [0.29, 0.717) is 0 Å². The predicted molar refractivity (Wildman–Crippen MR) is 111 cm³/mol. The summed E-state index contributed by atoms with van der Waals surface area (Å²) >= 11 is 1.74. The van der Waals surface area contributed by atoms with Crippen LogP contribution in [0.15, 0.2) is 54.9 Å². The summed E-state index contributed by atoms with van der Waals surface area (Å²) in [5.74, 6) is 0.825. The second kappa shape index (κ2) is 6.77. The van der Waals surface area contributed by atoms with E-state index in [-0.39, 0.29) is 0 Å². The van der Waals surface area contributed by atoms with Gasteiger partial charge in [-0.3, -0.25) is 0 Å². The molecule has 0 aliphatic rings. The van der Waals surface area contributed by atoms with Gasteiger partial charge in [0.05, 0.1) is 5.39 Å². The van der Waals surface area contributed by atoms with E-state index in [1.807, 2.05) is 24.3 Å². The Bertz CT molecular complexity index is 1050. The van der Waals surface area contributed by atoms with Crippen molar-refractivity contribution in [3.63, 3.8) is 0 Å². The molecular formula is C21H20N4S. The highest BCUT2D eigenvalue weighted by atomic mass is 32.1. The minimum Gasteiger partial charge on any atom is -0.399 e. The highest BCUT2D eigenvalue weighted by Gasteiger charge is 2.18. The van der Waals surface area contributed by atoms with Crippen molar-refractivity contribution in [3.05, 3.63) is 65.3 Å². The Kier molecular flexibility index (Phi) is 4.31. The lowest BCUT2D eigenvalue weighted by molar-refractivity contribution is 1.19. The number of thiophene rings is 1. The molecule has 0 radical (unpaired) electrons. The molecule has 0 aliphatic heterocycles. The molecular weight excluding hydrogens is 340 g/mol. The number of hydrogen-bond acceptors (Lipinski definition) is 5. The van der Waals surface area contributed by atoms with Crippen LogP contribution in [0.3, 0.4) is 0 Å². The van der Waals surface area contributed by atoms with Crippen molar-refractivity contribution in [2.75, 3.05) is 11.1 Å². The van der Waals surface area contributed by atoms with Gasteiger partial charge in [0.2, 0.25) is 0 Å². The van der Waals surface area contributed by atoms with Gasteiger partial charge in [0.25, 0.3) is 0 Å². The standard InChI is InChI=1S/C21H20N4S/c1-3-17-18(14-6-4-13(2)5-7-14)19-20(23-12-24-21(19)26-17)25-16-10-8-15(22)9-11-16/h4-12H,3,22H2,1-2H3,(H,23,24,25). The third-order valence-electron chi connectivity index (χ3n) is 4.40. The number of anilines is 3.